The van der Waals surface area contributed by atoms with E-state index in [0.717, 1.165) is 12.1 Å². The van der Waals surface area contributed by atoms with Gasteiger partial charge < -0.3 is 21.3 Å². The Kier molecular flexibility index (Phi) is 4.00. The van der Waals surface area contributed by atoms with Gasteiger partial charge in [-0.3, -0.25) is 9.59 Å². The molecule has 0 spiro atoms. The normalized spacial score (nSPS) is 11.9. The van der Waals surface area contributed by atoms with E-state index in [0.29, 0.717) is 0 Å². The molecule has 1 aromatic rings. The molecule has 1 unspecified atom stereocenters. The average molecular weight is 242 g/mol. The number of halogens is 1. The molecular weight excluding hydrogens is 231 g/mol. The smallest absolute Gasteiger partial charge is 0.258 e. The van der Waals surface area contributed by atoms with Crippen LogP contribution in [0.25, 0.3) is 0 Å². The van der Waals surface area contributed by atoms with E-state index in [1.807, 2.05) is 0 Å². The standard InChI is InChI=1S/C10H11FN2O4/c11-5-2-1-3-6(14)8(5)10(17)13-4-7(15)9(12)16/h1-3,7,14-15H,4H2,(H2,12,16)(H,13,17). The maximum atomic E-state index is 13.2. The van der Waals surface area contributed by atoms with E-state index < -0.39 is 41.6 Å². The van der Waals surface area contributed by atoms with Crippen molar-refractivity contribution in [1.29, 1.82) is 0 Å². The number of hydrogen-bond acceptors (Lipinski definition) is 4. The van der Waals surface area contributed by atoms with Gasteiger partial charge in [-0.25, -0.2) is 4.39 Å². The first-order valence-corrected chi connectivity index (χ1v) is 4.66. The summed E-state index contributed by atoms with van der Waals surface area (Å²) in [6, 6.07) is 3.38. The highest BCUT2D eigenvalue weighted by Crippen LogP contribution is 2.19. The monoisotopic (exact) mass is 242 g/mol. The summed E-state index contributed by atoms with van der Waals surface area (Å²) >= 11 is 0. The third-order valence-corrected chi connectivity index (χ3v) is 2.00. The summed E-state index contributed by atoms with van der Waals surface area (Å²) in [7, 11) is 0. The number of nitrogens with one attached hydrogen (secondary N) is 1. The van der Waals surface area contributed by atoms with E-state index in [1.165, 1.54) is 6.07 Å². The molecule has 0 heterocycles. The highest BCUT2D eigenvalue weighted by Gasteiger charge is 2.18. The van der Waals surface area contributed by atoms with E-state index >= 15 is 0 Å². The molecule has 0 aliphatic carbocycles. The van der Waals surface area contributed by atoms with Crippen LogP contribution in [0.2, 0.25) is 0 Å². The van der Waals surface area contributed by atoms with Gasteiger partial charge in [-0.15, -0.1) is 0 Å². The van der Waals surface area contributed by atoms with Gasteiger partial charge in [0.05, 0.1) is 6.54 Å². The minimum atomic E-state index is -1.56. The number of amides is 2. The Morgan fingerprint density at radius 2 is 2.12 bits per heavy atom. The molecule has 1 rings (SSSR count). The van der Waals surface area contributed by atoms with Crippen LogP contribution in [0.3, 0.4) is 0 Å². The Labute approximate surface area is 95.9 Å². The second kappa shape index (κ2) is 5.26. The zero-order valence-corrected chi connectivity index (χ0v) is 8.68. The maximum absolute atomic E-state index is 13.2. The molecule has 92 valence electrons. The third-order valence-electron chi connectivity index (χ3n) is 2.00. The molecule has 0 saturated carbocycles. The first-order valence-electron chi connectivity index (χ1n) is 4.66. The fourth-order valence-corrected chi connectivity index (χ4v) is 1.12. The average Bonchev–Trinajstić information content (AvgIpc) is 2.25. The number of rotatable bonds is 4. The van der Waals surface area contributed by atoms with Crippen LogP contribution in [-0.4, -0.2) is 34.7 Å². The number of hydrogen-bond donors (Lipinski definition) is 4. The molecular formula is C10H11FN2O4. The number of carbonyl (C=O) groups excluding carboxylic acids is 2. The molecule has 1 atom stereocenters. The maximum Gasteiger partial charge on any atom is 0.258 e. The van der Waals surface area contributed by atoms with Gasteiger partial charge in [-0.05, 0) is 12.1 Å². The van der Waals surface area contributed by atoms with Crippen LogP contribution in [0.5, 0.6) is 5.75 Å². The molecule has 0 fully saturated rings. The Morgan fingerprint density at radius 3 is 2.65 bits per heavy atom. The third kappa shape index (κ3) is 3.15. The van der Waals surface area contributed by atoms with Gasteiger partial charge in [0.2, 0.25) is 5.91 Å². The number of benzene rings is 1. The van der Waals surface area contributed by atoms with Crippen molar-refractivity contribution >= 4 is 11.8 Å². The van der Waals surface area contributed by atoms with E-state index in [1.54, 1.807) is 0 Å². The fourth-order valence-electron chi connectivity index (χ4n) is 1.12. The minimum Gasteiger partial charge on any atom is -0.507 e. The van der Waals surface area contributed by atoms with Crippen molar-refractivity contribution in [2.75, 3.05) is 6.54 Å². The highest BCUT2D eigenvalue weighted by atomic mass is 19.1. The van der Waals surface area contributed by atoms with Crippen LogP contribution < -0.4 is 11.1 Å². The first kappa shape index (κ1) is 12.9. The summed E-state index contributed by atoms with van der Waals surface area (Å²) in [5, 5.41) is 20.4. The zero-order chi connectivity index (χ0) is 13.0. The van der Waals surface area contributed by atoms with Gasteiger partial charge in [-0.1, -0.05) is 6.07 Å². The predicted molar refractivity (Wildman–Crippen MR) is 55.6 cm³/mol. The van der Waals surface area contributed by atoms with E-state index in [9.17, 15) is 19.1 Å². The van der Waals surface area contributed by atoms with E-state index in [-0.39, 0.29) is 0 Å². The van der Waals surface area contributed by atoms with Crippen molar-refractivity contribution in [2.45, 2.75) is 6.10 Å². The van der Waals surface area contributed by atoms with E-state index in [4.69, 9.17) is 10.8 Å². The molecule has 0 aromatic heterocycles. The van der Waals surface area contributed by atoms with Crippen LogP contribution in [-0.2, 0) is 4.79 Å². The summed E-state index contributed by atoms with van der Waals surface area (Å²) in [6.45, 7) is -0.456. The topological polar surface area (TPSA) is 113 Å². The van der Waals surface area contributed by atoms with Crippen LogP contribution in [0, 0.1) is 5.82 Å². The largest absolute Gasteiger partial charge is 0.507 e. The van der Waals surface area contributed by atoms with Crippen molar-refractivity contribution in [3.8, 4) is 5.75 Å². The summed E-state index contributed by atoms with van der Waals surface area (Å²) in [4.78, 5) is 21.9. The Balaban J connectivity index is 2.74. The summed E-state index contributed by atoms with van der Waals surface area (Å²) in [5.74, 6) is -3.39. The molecule has 17 heavy (non-hydrogen) atoms. The summed E-state index contributed by atoms with van der Waals surface area (Å²) in [6.07, 6.45) is -1.56. The van der Waals surface area contributed by atoms with Crippen molar-refractivity contribution in [1.82, 2.24) is 5.32 Å². The molecule has 0 bridgehead atoms. The molecule has 1 aromatic carbocycles. The lowest BCUT2D eigenvalue weighted by molar-refractivity contribution is -0.125. The zero-order valence-electron chi connectivity index (χ0n) is 8.68. The Bertz CT molecular complexity index is 430. The number of phenolic OH excluding ortho intramolecular Hbond substituents is 1. The van der Waals surface area contributed by atoms with Gasteiger partial charge in [0.25, 0.3) is 5.91 Å². The number of aliphatic hydroxyl groups is 1. The van der Waals surface area contributed by atoms with Gasteiger partial charge in [0.1, 0.15) is 23.2 Å². The molecule has 0 aliphatic heterocycles. The van der Waals surface area contributed by atoms with Crippen molar-refractivity contribution in [2.24, 2.45) is 5.73 Å². The van der Waals surface area contributed by atoms with Crippen molar-refractivity contribution in [3.05, 3.63) is 29.6 Å². The van der Waals surface area contributed by atoms with Crippen LogP contribution >= 0.6 is 0 Å². The number of phenols is 1. The van der Waals surface area contributed by atoms with Gasteiger partial charge >= 0.3 is 0 Å². The number of primary amides is 1. The summed E-state index contributed by atoms with van der Waals surface area (Å²) < 4.78 is 13.2. The van der Waals surface area contributed by atoms with E-state index in [2.05, 4.69) is 5.32 Å². The van der Waals surface area contributed by atoms with Gasteiger partial charge in [0, 0.05) is 0 Å². The molecule has 5 N–H and O–H groups in total. The first-order chi connectivity index (χ1) is 7.93. The van der Waals surface area contributed by atoms with Gasteiger partial charge in [0.15, 0.2) is 0 Å². The predicted octanol–water partition coefficient (Wildman–Crippen LogP) is -0.893. The Hall–Kier alpha value is -2.15. The lowest BCUT2D eigenvalue weighted by atomic mass is 10.1. The van der Waals surface area contributed by atoms with Crippen molar-refractivity contribution in [3.63, 3.8) is 0 Å². The minimum absolute atomic E-state index is 0.456. The highest BCUT2D eigenvalue weighted by molar-refractivity contribution is 5.97. The lowest BCUT2D eigenvalue weighted by Gasteiger charge is -2.09. The van der Waals surface area contributed by atoms with Crippen molar-refractivity contribution < 1.29 is 24.2 Å². The fraction of sp³-hybridized carbons (Fsp3) is 0.200. The Morgan fingerprint density at radius 1 is 1.47 bits per heavy atom. The van der Waals surface area contributed by atoms with Crippen LogP contribution in [0.4, 0.5) is 4.39 Å². The van der Waals surface area contributed by atoms with Crippen LogP contribution in [0.15, 0.2) is 18.2 Å². The molecule has 0 radical (unpaired) electrons. The number of carbonyl (C=O) groups is 2. The molecule has 0 saturated heterocycles. The molecule has 6 nitrogen and oxygen atoms in total. The number of nitrogens with two attached hydrogens (primary N) is 1. The number of aliphatic hydroxyl groups excluding tert-OH is 1. The van der Waals surface area contributed by atoms with Crippen LogP contribution in [0.1, 0.15) is 10.4 Å². The molecule has 0 aliphatic rings. The summed E-state index contributed by atoms with van der Waals surface area (Å²) in [5.41, 5.74) is 4.21. The number of aromatic hydroxyl groups is 1. The van der Waals surface area contributed by atoms with Gasteiger partial charge in [-0.2, -0.15) is 0 Å². The molecule has 2 amide bonds. The SMILES string of the molecule is NC(=O)C(O)CNC(=O)c1c(O)cccc1F. The quantitative estimate of drug-likeness (QED) is 0.548. The second-order valence-electron chi connectivity index (χ2n) is 3.26. The molecule has 7 heteroatoms. The lowest BCUT2D eigenvalue weighted by Crippen LogP contribution is -2.40. The second-order valence-corrected chi connectivity index (χ2v) is 3.26.